The highest BCUT2D eigenvalue weighted by Crippen LogP contribution is 2.35. The quantitative estimate of drug-likeness (QED) is 0.452. The van der Waals surface area contributed by atoms with Crippen molar-refractivity contribution in [3.05, 3.63) is 46.2 Å². The molecule has 0 aliphatic heterocycles. The molecule has 0 saturated carbocycles. The fourth-order valence-corrected chi connectivity index (χ4v) is 4.56. The first kappa shape index (κ1) is 22.4. The molecule has 0 unspecified atom stereocenters. The maximum atomic E-state index is 13.1. The molecule has 5 nitrogen and oxygen atoms in total. The number of rotatable bonds is 7. The van der Waals surface area contributed by atoms with Crippen LogP contribution in [0.5, 0.6) is 0 Å². The fraction of sp³-hybridized carbons (Fsp3) is 0.350. The lowest BCUT2D eigenvalue weighted by Crippen LogP contribution is -2.18. The van der Waals surface area contributed by atoms with Gasteiger partial charge in [-0.2, -0.15) is 13.2 Å². The summed E-state index contributed by atoms with van der Waals surface area (Å²) in [7, 11) is 0. The van der Waals surface area contributed by atoms with Crippen molar-refractivity contribution in [3.63, 3.8) is 0 Å². The summed E-state index contributed by atoms with van der Waals surface area (Å²) in [4.78, 5) is 13.5. The Morgan fingerprint density at radius 1 is 1.27 bits per heavy atom. The van der Waals surface area contributed by atoms with Crippen LogP contribution in [0.2, 0.25) is 0 Å². The molecule has 30 heavy (non-hydrogen) atoms. The zero-order valence-corrected chi connectivity index (χ0v) is 18.3. The minimum atomic E-state index is -4.54. The van der Waals surface area contributed by atoms with Crippen molar-refractivity contribution >= 4 is 34.7 Å². The van der Waals surface area contributed by atoms with Crippen molar-refractivity contribution in [1.82, 2.24) is 14.8 Å². The molecule has 0 aliphatic carbocycles. The third-order valence-electron chi connectivity index (χ3n) is 4.28. The van der Waals surface area contributed by atoms with E-state index in [1.54, 1.807) is 11.3 Å². The van der Waals surface area contributed by atoms with Gasteiger partial charge in [0.1, 0.15) is 0 Å². The second-order valence-corrected chi connectivity index (χ2v) is 8.74. The van der Waals surface area contributed by atoms with E-state index in [1.165, 1.54) is 23.1 Å². The first-order valence-corrected chi connectivity index (χ1v) is 11.2. The van der Waals surface area contributed by atoms with Crippen LogP contribution in [0.3, 0.4) is 0 Å². The van der Waals surface area contributed by atoms with Gasteiger partial charge in [-0.05, 0) is 38.5 Å². The Balaban J connectivity index is 1.74. The number of aryl methyl sites for hydroxylation is 1. The molecular weight excluding hydrogens is 433 g/mol. The second-order valence-electron chi connectivity index (χ2n) is 6.81. The number of carbonyl (C=O) groups excluding carboxylic acids is 1. The molecule has 0 atom stereocenters. The van der Waals surface area contributed by atoms with Gasteiger partial charge in [-0.1, -0.05) is 30.8 Å². The minimum Gasteiger partial charge on any atom is -0.325 e. The van der Waals surface area contributed by atoms with Gasteiger partial charge in [0, 0.05) is 21.9 Å². The summed E-state index contributed by atoms with van der Waals surface area (Å²) < 4.78 is 41.2. The summed E-state index contributed by atoms with van der Waals surface area (Å²) in [6.07, 6.45) is -3.61. The Bertz CT molecular complexity index is 1030. The van der Waals surface area contributed by atoms with Crippen LogP contribution < -0.4 is 5.32 Å². The van der Waals surface area contributed by atoms with Crippen molar-refractivity contribution in [2.75, 3.05) is 11.1 Å². The normalized spacial score (nSPS) is 11.8. The van der Waals surface area contributed by atoms with E-state index in [1.807, 2.05) is 23.8 Å². The number of aromatic nitrogens is 3. The van der Waals surface area contributed by atoms with E-state index in [0.717, 1.165) is 29.8 Å². The van der Waals surface area contributed by atoms with Crippen LogP contribution in [0, 0.1) is 0 Å². The summed E-state index contributed by atoms with van der Waals surface area (Å²) in [5.74, 6) is 0.0904. The number of hydrogen-bond acceptors (Lipinski definition) is 5. The molecule has 2 heterocycles. The van der Waals surface area contributed by atoms with Crippen molar-refractivity contribution in [3.8, 4) is 11.4 Å². The van der Waals surface area contributed by atoms with Gasteiger partial charge in [0.15, 0.2) is 11.0 Å². The van der Waals surface area contributed by atoms with Crippen LogP contribution >= 0.6 is 23.1 Å². The van der Waals surface area contributed by atoms with E-state index in [2.05, 4.69) is 28.5 Å². The number of carbonyl (C=O) groups is 1. The number of anilines is 1. The van der Waals surface area contributed by atoms with E-state index in [0.29, 0.717) is 11.0 Å². The van der Waals surface area contributed by atoms with Crippen molar-refractivity contribution in [1.29, 1.82) is 0 Å². The number of thiophene rings is 1. The van der Waals surface area contributed by atoms with Crippen molar-refractivity contribution < 1.29 is 18.0 Å². The van der Waals surface area contributed by atoms with Crippen LogP contribution in [0.1, 0.15) is 37.3 Å². The Hall–Kier alpha value is -2.33. The summed E-state index contributed by atoms with van der Waals surface area (Å²) in [6.45, 7) is 6.06. The van der Waals surface area contributed by atoms with Crippen LogP contribution in [0.4, 0.5) is 18.9 Å². The van der Waals surface area contributed by atoms with Gasteiger partial charge in [-0.15, -0.1) is 21.5 Å². The third kappa shape index (κ3) is 5.04. The number of halogens is 3. The third-order valence-corrected chi connectivity index (χ3v) is 6.30. The van der Waals surface area contributed by atoms with Crippen LogP contribution in [-0.4, -0.2) is 26.4 Å². The van der Waals surface area contributed by atoms with Crippen molar-refractivity contribution in [2.45, 2.75) is 44.6 Å². The highest BCUT2D eigenvalue weighted by atomic mass is 32.2. The molecule has 10 heteroatoms. The molecule has 0 bridgehead atoms. The number of alkyl halides is 3. The molecule has 1 amide bonds. The van der Waals surface area contributed by atoms with E-state index in [4.69, 9.17) is 0 Å². The van der Waals surface area contributed by atoms with Crippen LogP contribution in [0.25, 0.3) is 11.4 Å². The molecule has 1 aromatic carbocycles. The van der Waals surface area contributed by atoms with Crippen molar-refractivity contribution in [2.24, 2.45) is 0 Å². The van der Waals surface area contributed by atoms with Gasteiger partial charge in [0.2, 0.25) is 5.91 Å². The van der Waals surface area contributed by atoms with Crippen LogP contribution in [-0.2, 0) is 17.4 Å². The van der Waals surface area contributed by atoms with Gasteiger partial charge >= 0.3 is 6.18 Å². The summed E-state index contributed by atoms with van der Waals surface area (Å²) >= 11 is 2.80. The maximum absolute atomic E-state index is 13.1. The SMILES string of the molecule is CCc1cc(-c2nnc(SCC(=O)Nc3ccccc3C(F)(F)F)n2C(C)C)cs1. The average molecular weight is 455 g/mol. The Morgan fingerprint density at radius 2 is 2.00 bits per heavy atom. The second kappa shape index (κ2) is 9.22. The Labute approximate surface area is 180 Å². The van der Waals surface area contributed by atoms with E-state index >= 15 is 0 Å². The standard InChI is InChI=1S/C20H21F3N4OS2/c1-4-14-9-13(10-29-14)18-25-26-19(27(18)12(2)3)30-11-17(28)24-16-8-6-5-7-15(16)20(21,22)23/h5-10,12H,4,11H2,1-3H3,(H,24,28). The Morgan fingerprint density at radius 3 is 2.63 bits per heavy atom. The highest BCUT2D eigenvalue weighted by Gasteiger charge is 2.33. The zero-order chi connectivity index (χ0) is 21.9. The summed E-state index contributed by atoms with van der Waals surface area (Å²) in [5, 5.41) is 13.4. The summed E-state index contributed by atoms with van der Waals surface area (Å²) in [6, 6.07) is 7.04. The molecular formula is C20H21F3N4OS2. The molecule has 3 rings (SSSR count). The number of nitrogens with zero attached hydrogens (tertiary/aromatic N) is 3. The highest BCUT2D eigenvalue weighted by molar-refractivity contribution is 7.99. The topological polar surface area (TPSA) is 59.8 Å². The monoisotopic (exact) mass is 454 g/mol. The molecule has 0 spiro atoms. The molecule has 160 valence electrons. The molecule has 2 aromatic heterocycles. The number of para-hydroxylation sites is 1. The predicted molar refractivity (Wildman–Crippen MR) is 114 cm³/mol. The number of nitrogens with one attached hydrogen (secondary N) is 1. The number of hydrogen-bond donors (Lipinski definition) is 1. The van der Waals surface area contributed by atoms with Gasteiger partial charge in [0.25, 0.3) is 0 Å². The van der Waals surface area contributed by atoms with Gasteiger partial charge in [-0.25, -0.2) is 0 Å². The smallest absolute Gasteiger partial charge is 0.325 e. The average Bonchev–Trinajstić information content (AvgIpc) is 3.32. The molecule has 0 saturated heterocycles. The molecule has 0 radical (unpaired) electrons. The molecule has 0 aliphatic rings. The minimum absolute atomic E-state index is 0.0523. The number of amides is 1. The lowest BCUT2D eigenvalue weighted by Gasteiger charge is -2.14. The van der Waals surface area contributed by atoms with Crippen LogP contribution in [0.15, 0.2) is 40.9 Å². The van der Waals surface area contributed by atoms with Gasteiger partial charge in [0.05, 0.1) is 17.0 Å². The van der Waals surface area contributed by atoms with E-state index < -0.39 is 17.6 Å². The first-order chi connectivity index (χ1) is 14.2. The van der Waals surface area contributed by atoms with Gasteiger partial charge in [-0.3, -0.25) is 9.36 Å². The summed E-state index contributed by atoms with van der Waals surface area (Å²) in [5.41, 5.74) is -0.166. The zero-order valence-electron chi connectivity index (χ0n) is 16.7. The van der Waals surface area contributed by atoms with E-state index in [-0.39, 0.29) is 17.5 Å². The number of benzene rings is 1. The Kier molecular flexibility index (Phi) is 6.87. The lowest BCUT2D eigenvalue weighted by atomic mass is 10.1. The first-order valence-electron chi connectivity index (χ1n) is 9.32. The fourth-order valence-electron chi connectivity index (χ4n) is 2.88. The number of thioether (sulfide) groups is 1. The maximum Gasteiger partial charge on any atom is 0.418 e. The predicted octanol–water partition coefficient (Wildman–Crippen LogP) is 5.90. The molecule has 1 N–H and O–H groups in total. The van der Waals surface area contributed by atoms with E-state index in [9.17, 15) is 18.0 Å². The molecule has 0 fully saturated rings. The molecule has 3 aromatic rings. The largest absolute Gasteiger partial charge is 0.418 e. The van der Waals surface area contributed by atoms with Gasteiger partial charge < -0.3 is 5.32 Å². The lowest BCUT2D eigenvalue weighted by molar-refractivity contribution is -0.137.